The van der Waals surface area contributed by atoms with Gasteiger partial charge in [0, 0.05) is 25.0 Å². The highest BCUT2D eigenvalue weighted by molar-refractivity contribution is 6.33. The summed E-state index contributed by atoms with van der Waals surface area (Å²) in [4.78, 5) is 34.1. The van der Waals surface area contributed by atoms with Crippen molar-refractivity contribution >= 4 is 41.0 Å². The minimum atomic E-state index is -0.452. The number of nitro groups is 1. The number of benzene rings is 3. The molecule has 0 aliphatic carbocycles. The van der Waals surface area contributed by atoms with E-state index in [1.807, 2.05) is 0 Å². The molecule has 3 aromatic rings. The van der Waals surface area contributed by atoms with Crippen LogP contribution in [0.15, 0.2) is 77.9 Å². The fraction of sp³-hybridized carbons (Fsp3) is 0.125. The summed E-state index contributed by atoms with van der Waals surface area (Å²) in [6.45, 7) is 0.269. The van der Waals surface area contributed by atoms with Crippen LogP contribution < -0.4 is 15.5 Å². The van der Waals surface area contributed by atoms with E-state index < -0.39 is 10.8 Å². The molecule has 0 unspecified atom stereocenters. The fourth-order valence-corrected chi connectivity index (χ4v) is 2.95. The van der Waals surface area contributed by atoms with Crippen LogP contribution in [-0.2, 0) is 16.2 Å². The van der Waals surface area contributed by atoms with Crippen molar-refractivity contribution in [2.75, 3.05) is 5.32 Å². The first-order valence-corrected chi connectivity index (χ1v) is 10.6. The van der Waals surface area contributed by atoms with Gasteiger partial charge in [-0.1, -0.05) is 23.7 Å². The van der Waals surface area contributed by atoms with Crippen molar-refractivity contribution in [2.24, 2.45) is 5.10 Å². The first-order valence-electron chi connectivity index (χ1n) is 10.2. The van der Waals surface area contributed by atoms with Gasteiger partial charge in [0.1, 0.15) is 12.4 Å². The molecule has 0 heterocycles. The first kappa shape index (κ1) is 24.4. The van der Waals surface area contributed by atoms with Crippen molar-refractivity contribution in [3.8, 4) is 5.75 Å². The van der Waals surface area contributed by atoms with Gasteiger partial charge in [-0.05, 0) is 59.7 Å². The molecule has 34 heavy (non-hydrogen) atoms. The number of hydrogen-bond acceptors (Lipinski definition) is 6. The number of carbonyl (C=O) groups excluding carboxylic acids is 2. The second-order valence-corrected chi connectivity index (χ2v) is 7.51. The van der Waals surface area contributed by atoms with Crippen molar-refractivity contribution in [1.29, 1.82) is 0 Å². The molecule has 9 nitrogen and oxygen atoms in total. The molecular weight excluding hydrogens is 460 g/mol. The molecule has 0 aliphatic heterocycles. The summed E-state index contributed by atoms with van der Waals surface area (Å²) in [6, 6.07) is 20.0. The number of carbonyl (C=O) groups is 2. The lowest BCUT2D eigenvalue weighted by Gasteiger charge is -2.07. The quantitative estimate of drug-likeness (QED) is 0.247. The highest BCUT2D eigenvalue weighted by Gasteiger charge is 2.08. The average Bonchev–Trinajstić information content (AvgIpc) is 2.84. The molecular formula is C24H21ClN4O5. The highest BCUT2D eigenvalue weighted by Crippen LogP contribution is 2.20. The highest BCUT2D eigenvalue weighted by atomic mass is 35.5. The van der Waals surface area contributed by atoms with E-state index in [0.29, 0.717) is 16.5 Å². The van der Waals surface area contributed by atoms with E-state index in [1.54, 1.807) is 60.7 Å². The molecule has 2 amide bonds. The zero-order chi connectivity index (χ0) is 24.3. The summed E-state index contributed by atoms with van der Waals surface area (Å²) < 4.78 is 5.66. The van der Waals surface area contributed by atoms with Crippen LogP contribution in [0.5, 0.6) is 5.75 Å². The van der Waals surface area contributed by atoms with Crippen LogP contribution in [0.4, 0.5) is 11.4 Å². The number of para-hydroxylation sites is 1. The Morgan fingerprint density at radius 3 is 2.32 bits per heavy atom. The number of hydrazone groups is 1. The molecule has 0 aliphatic rings. The summed E-state index contributed by atoms with van der Waals surface area (Å²) in [6.07, 6.45) is 1.44. The number of rotatable bonds is 10. The molecule has 10 heteroatoms. The van der Waals surface area contributed by atoms with Crippen molar-refractivity contribution in [1.82, 2.24) is 5.43 Å². The summed E-state index contributed by atoms with van der Waals surface area (Å²) in [7, 11) is 0. The number of halogens is 1. The summed E-state index contributed by atoms with van der Waals surface area (Å²) in [5.74, 6) is -0.103. The standard InChI is InChI=1S/C24H21ClN4O5/c25-21-3-1-2-4-22(21)27-23(30)13-14-24(31)28-26-15-17-7-11-20(12-8-17)34-16-18-5-9-19(10-6-18)29(32)33/h1-12,15H,13-14,16H2,(H,27,30)(H,28,31). The Balaban J connectivity index is 1.38. The van der Waals surface area contributed by atoms with Gasteiger partial charge in [-0.25, -0.2) is 5.43 Å². The van der Waals surface area contributed by atoms with Gasteiger partial charge in [0.05, 0.1) is 21.8 Å². The van der Waals surface area contributed by atoms with Crippen molar-refractivity contribution < 1.29 is 19.2 Å². The Labute approximate surface area is 200 Å². The number of nitro benzene ring substituents is 1. The molecule has 3 rings (SSSR count). The monoisotopic (exact) mass is 480 g/mol. The molecule has 0 bridgehead atoms. The van der Waals surface area contributed by atoms with Crippen LogP contribution in [0.3, 0.4) is 0 Å². The minimum Gasteiger partial charge on any atom is -0.489 e. The zero-order valence-corrected chi connectivity index (χ0v) is 18.7. The van der Waals surface area contributed by atoms with Gasteiger partial charge in [-0.2, -0.15) is 5.10 Å². The maximum atomic E-state index is 12.0. The number of non-ortho nitro benzene ring substituents is 1. The zero-order valence-electron chi connectivity index (χ0n) is 17.9. The van der Waals surface area contributed by atoms with Crippen molar-refractivity contribution in [3.63, 3.8) is 0 Å². The number of nitrogens with one attached hydrogen (secondary N) is 2. The maximum Gasteiger partial charge on any atom is 0.269 e. The van der Waals surface area contributed by atoms with Gasteiger partial charge in [-0.15, -0.1) is 0 Å². The lowest BCUT2D eigenvalue weighted by Crippen LogP contribution is -2.20. The van der Waals surface area contributed by atoms with Gasteiger partial charge in [0.2, 0.25) is 11.8 Å². The second kappa shape index (κ2) is 12.1. The molecule has 0 aromatic heterocycles. The van der Waals surface area contributed by atoms with E-state index in [0.717, 1.165) is 11.1 Å². The van der Waals surface area contributed by atoms with E-state index in [2.05, 4.69) is 15.8 Å². The summed E-state index contributed by atoms with van der Waals surface area (Å²) in [5.41, 5.74) is 4.44. The number of hydrogen-bond donors (Lipinski definition) is 2. The van der Waals surface area contributed by atoms with E-state index >= 15 is 0 Å². The molecule has 2 N–H and O–H groups in total. The smallest absolute Gasteiger partial charge is 0.269 e. The third-order valence-corrected chi connectivity index (χ3v) is 4.89. The normalized spacial score (nSPS) is 10.6. The lowest BCUT2D eigenvalue weighted by molar-refractivity contribution is -0.384. The fourth-order valence-electron chi connectivity index (χ4n) is 2.77. The largest absolute Gasteiger partial charge is 0.489 e. The molecule has 174 valence electrons. The minimum absolute atomic E-state index is 0.00657. The molecule has 0 saturated carbocycles. The SMILES string of the molecule is O=C(CCC(=O)Nc1ccccc1Cl)NN=Cc1ccc(OCc2ccc([N+](=O)[O-])cc2)cc1. The predicted octanol–water partition coefficient (Wildman–Crippen LogP) is 4.70. The average molecular weight is 481 g/mol. The molecule has 0 atom stereocenters. The van der Waals surface area contributed by atoms with E-state index in [9.17, 15) is 19.7 Å². The van der Waals surface area contributed by atoms with Gasteiger partial charge in [-0.3, -0.25) is 19.7 Å². The summed E-state index contributed by atoms with van der Waals surface area (Å²) >= 11 is 5.99. The van der Waals surface area contributed by atoms with Crippen LogP contribution in [-0.4, -0.2) is 23.0 Å². The lowest BCUT2D eigenvalue weighted by atomic mass is 10.2. The number of nitrogens with zero attached hydrogens (tertiary/aromatic N) is 2. The predicted molar refractivity (Wildman–Crippen MR) is 129 cm³/mol. The van der Waals surface area contributed by atoms with Crippen LogP contribution in [0.1, 0.15) is 24.0 Å². The van der Waals surface area contributed by atoms with Gasteiger partial charge in [0.15, 0.2) is 0 Å². The number of anilines is 1. The van der Waals surface area contributed by atoms with Crippen LogP contribution in [0.25, 0.3) is 0 Å². The number of amides is 2. The van der Waals surface area contributed by atoms with Crippen molar-refractivity contribution in [3.05, 3.63) is 99.1 Å². The van der Waals surface area contributed by atoms with Gasteiger partial charge < -0.3 is 10.1 Å². The van der Waals surface area contributed by atoms with Crippen LogP contribution in [0.2, 0.25) is 5.02 Å². The Hall–Kier alpha value is -4.24. The maximum absolute atomic E-state index is 12.0. The summed E-state index contributed by atoms with van der Waals surface area (Å²) in [5, 5.41) is 17.7. The van der Waals surface area contributed by atoms with Crippen LogP contribution in [0, 0.1) is 10.1 Å². The Bertz CT molecular complexity index is 1180. The molecule has 0 fully saturated rings. The number of ether oxygens (including phenoxy) is 1. The molecule has 0 radical (unpaired) electrons. The Kier molecular flexibility index (Phi) is 8.70. The van der Waals surface area contributed by atoms with Gasteiger partial charge >= 0.3 is 0 Å². The topological polar surface area (TPSA) is 123 Å². The van der Waals surface area contributed by atoms with E-state index in [1.165, 1.54) is 18.3 Å². The first-order chi connectivity index (χ1) is 16.4. The van der Waals surface area contributed by atoms with E-state index in [-0.39, 0.29) is 31.0 Å². The third kappa shape index (κ3) is 7.72. The van der Waals surface area contributed by atoms with Gasteiger partial charge in [0.25, 0.3) is 5.69 Å². The molecule has 3 aromatic carbocycles. The molecule has 0 spiro atoms. The Morgan fingerprint density at radius 2 is 1.65 bits per heavy atom. The van der Waals surface area contributed by atoms with Crippen molar-refractivity contribution in [2.45, 2.75) is 19.4 Å². The Morgan fingerprint density at radius 1 is 0.971 bits per heavy atom. The van der Waals surface area contributed by atoms with Crippen LogP contribution >= 0.6 is 11.6 Å². The third-order valence-electron chi connectivity index (χ3n) is 4.56. The molecule has 0 saturated heterocycles. The second-order valence-electron chi connectivity index (χ2n) is 7.10. The van der Waals surface area contributed by atoms with E-state index in [4.69, 9.17) is 16.3 Å².